The summed E-state index contributed by atoms with van der Waals surface area (Å²) in [6, 6.07) is 7.06. The fraction of sp³-hybridized carbons (Fsp3) is 0.579. The summed E-state index contributed by atoms with van der Waals surface area (Å²) >= 11 is 0. The van der Waals surface area contributed by atoms with E-state index in [4.69, 9.17) is 14.6 Å². The highest BCUT2D eigenvalue weighted by molar-refractivity contribution is 5.80. The second kappa shape index (κ2) is 9.53. The van der Waals surface area contributed by atoms with Crippen molar-refractivity contribution in [1.29, 1.82) is 0 Å². The van der Waals surface area contributed by atoms with E-state index in [0.717, 1.165) is 37.9 Å². The number of hydrogen-bond donors (Lipinski definition) is 1. The highest BCUT2D eigenvalue weighted by Gasteiger charge is 2.41. The van der Waals surface area contributed by atoms with Crippen molar-refractivity contribution in [2.75, 3.05) is 20.6 Å². The number of carboxylic acid groups (broad SMARTS) is 1. The zero-order chi connectivity index (χ0) is 21.8. The third-order valence-corrected chi connectivity index (χ3v) is 4.92. The van der Waals surface area contributed by atoms with Gasteiger partial charge in [0.2, 0.25) is 0 Å². The number of amides is 1. The summed E-state index contributed by atoms with van der Waals surface area (Å²) in [5.74, 6) is -2.89. The molecular formula is C19H24F4N2O4. The van der Waals surface area contributed by atoms with E-state index in [1.54, 1.807) is 19.0 Å². The fourth-order valence-electron chi connectivity index (χ4n) is 3.51. The van der Waals surface area contributed by atoms with Crippen LogP contribution in [0.1, 0.15) is 24.8 Å². The molecule has 0 bridgehead atoms. The number of hydrogen-bond acceptors (Lipinski definition) is 4. The Morgan fingerprint density at radius 2 is 1.76 bits per heavy atom. The predicted octanol–water partition coefficient (Wildman–Crippen LogP) is 2.67. The number of likely N-dealkylation sites (tertiary alicyclic amines) is 1. The summed E-state index contributed by atoms with van der Waals surface area (Å²) in [6.45, 7) is 1.78. The van der Waals surface area contributed by atoms with Gasteiger partial charge >= 0.3 is 12.1 Å². The third kappa shape index (κ3) is 6.40. The van der Waals surface area contributed by atoms with Gasteiger partial charge in [0.25, 0.3) is 5.91 Å². The van der Waals surface area contributed by atoms with E-state index in [2.05, 4.69) is 4.90 Å². The first kappa shape index (κ1) is 23.1. The average molecular weight is 420 g/mol. The molecule has 29 heavy (non-hydrogen) atoms. The number of carbonyl (C=O) groups excluding carboxylic acids is 1. The minimum Gasteiger partial charge on any atom is -0.475 e. The molecule has 0 aliphatic carbocycles. The van der Waals surface area contributed by atoms with E-state index >= 15 is 0 Å². The third-order valence-electron chi connectivity index (χ3n) is 4.92. The molecule has 3 rings (SSSR count). The number of aliphatic carboxylic acids is 1. The minimum absolute atomic E-state index is 0.0652. The van der Waals surface area contributed by atoms with Crippen molar-refractivity contribution in [3.05, 3.63) is 35.6 Å². The number of fused-ring (bicyclic) bond motifs is 1. The maximum absolute atomic E-state index is 13.0. The SMILES string of the molecule is CN(C)C(=O)[C@H]1CC[C@@H]2[C@@H](CCN2Cc2ccc(F)cc2)O1.O=C(O)C(F)(F)F. The first-order chi connectivity index (χ1) is 13.5. The number of benzene rings is 1. The number of halogens is 4. The average Bonchev–Trinajstić information content (AvgIpc) is 3.04. The molecule has 0 saturated carbocycles. The quantitative estimate of drug-likeness (QED) is 0.762. The Balaban J connectivity index is 0.000000370. The Labute approximate surface area is 166 Å². The number of likely N-dealkylation sites (N-methyl/N-ethyl adjacent to an activating group) is 1. The first-order valence-electron chi connectivity index (χ1n) is 9.14. The molecule has 2 aliphatic heterocycles. The summed E-state index contributed by atoms with van der Waals surface area (Å²) in [4.78, 5) is 24.9. The van der Waals surface area contributed by atoms with Gasteiger partial charge < -0.3 is 14.7 Å². The van der Waals surface area contributed by atoms with E-state index in [0.29, 0.717) is 6.04 Å². The van der Waals surface area contributed by atoms with Gasteiger partial charge in [-0.2, -0.15) is 13.2 Å². The molecule has 2 fully saturated rings. The zero-order valence-electron chi connectivity index (χ0n) is 16.2. The van der Waals surface area contributed by atoms with Crippen LogP contribution in [0.15, 0.2) is 24.3 Å². The molecule has 0 aromatic heterocycles. The van der Waals surface area contributed by atoms with Gasteiger partial charge in [-0.15, -0.1) is 0 Å². The topological polar surface area (TPSA) is 70.1 Å². The maximum atomic E-state index is 13.0. The van der Waals surface area contributed by atoms with Crippen molar-refractivity contribution in [1.82, 2.24) is 9.80 Å². The number of carboxylic acids is 1. The lowest BCUT2D eigenvalue weighted by Gasteiger charge is -2.36. The molecule has 1 aromatic rings. The van der Waals surface area contributed by atoms with E-state index in [9.17, 15) is 22.4 Å². The molecule has 1 N–H and O–H groups in total. The Morgan fingerprint density at radius 1 is 1.17 bits per heavy atom. The lowest BCUT2D eigenvalue weighted by molar-refractivity contribution is -0.192. The van der Waals surface area contributed by atoms with Crippen LogP contribution in [0.2, 0.25) is 0 Å². The van der Waals surface area contributed by atoms with Crippen LogP contribution < -0.4 is 0 Å². The molecule has 0 unspecified atom stereocenters. The van der Waals surface area contributed by atoms with Crippen LogP contribution in [0, 0.1) is 5.82 Å². The molecule has 2 aliphatic rings. The summed E-state index contributed by atoms with van der Waals surface area (Å²) in [5.41, 5.74) is 1.12. The number of alkyl halides is 3. The Bertz CT molecular complexity index is 709. The van der Waals surface area contributed by atoms with Gasteiger partial charge in [0, 0.05) is 33.2 Å². The highest BCUT2D eigenvalue weighted by Crippen LogP contribution is 2.32. The van der Waals surface area contributed by atoms with Gasteiger partial charge in [-0.3, -0.25) is 9.69 Å². The summed E-state index contributed by atoms with van der Waals surface area (Å²) < 4.78 is 50.7. The fourth-order valence-corrected chi connectivity index (χ4v) is 3.51. The molecule has 6 nitrogen and oxygen atoms in total. The number of ether oxygens (including phenoxy) is 1. The Hall–Kier alpha value is -2.20. The molecule has 2 saturated heterocycles. The molecular weight excluding hydrogens is 396 g/mol. The monoisotopic (exact) mass is 420 g/mol. The van der Waals surface area contributed by atoms with Gasteiger partial charge in [0.1, 0.15) is 11.9 Å². The van der Waals surface area contributed by atoms with Crippen molar-refractivity contribution >= 4 is 11.9 Å². The van der Waals surface area contributed by atoms with Gasteiger partial charge in [0.15, 0.2) is 0 Å². The van der Waals surface area contributed by atoms with Crippen molar-refractivity contribution in [2.45, 2.75) is 50.2 Å². The van der Waals surface area contributed by atoms with E-state index < -0.39 is 12.1 Å². The van der Waals surface area contributed by atoms with Crippen LogP contribution in [0.5, 0.6) is 0 Å². The van der Waals surface area contributed by atoms with Gasteiger partial charge in [0.05, 0.1) is 6.10 Å². The summed E-state index contributed by atoms with van der Waals surface area (Å²) in [5, 5.41) is 7.12. The second-order valence-corrected chi connectivity index (χ2v) is 7.23. The molecule has 0 spiro atoms. The van der Waals surface area contributed by atoms with Crippen LogP contribution in [-0.4, -0.2) is 71.8 Å². The summed E-state index contributed by atoms with van der Waals surface area (Å²) in [7, 11) is 3.54. The van der Waals surface area contributed by atoms with Crippen LogP contribution in [-0.2, 0) is 20.9 Å². The molecule has 0 radical (unpaired) electrons. The first-order valence-corrected chi connectivity index (χ1v) is 9.14. The van der Waals surface area contributed by atoms with Crippen LogP contribution in [0.3, 0.4) is 0 Å². The lowest BCUT2D eigenvalue weighted by atomic mass is 9.98. The van der Waals surface area contributed by atoms with Crippen molar-refractivity contribution in [3.63, 3.8) is 0 Å². The van der Waals surface area contributed by atoms with E-state index in [-0.39, 0.29) is 23.9 Å². The Morgan fingerprint density at radius 3 is 2.28 bits per heavy atom. The van der Waals surface area contributed by atoms with Crippen LogP contribution in [0.25, 0.3) is 0 Å². The highest BCUT2D eigenvalue weighted by atomic mass is 19.4. The molecule has 3 atom stereocenters. The molecule has 1 aromatic carbocycles. The molecule has 1 amide bonds. The Kier molecular flexibility index (Phi) is 7.59. The standard InChI is InChI=1S/C17H23FN2O2.C2HF3O2/c1-19(2)17(21)16-8-7-14-15(22-16)9-10-20(14)11-12-3-5-13(18)6-4-12;3-2(4,5)1(6)7/h3-6,14-16H,7-11H2,1-2H3;(H,6,7)/t14-,15-,16-;/m1./s1. The zero-order valence-corrected chi connectivity index (χ0v) is 16.2. The van der Waals surface area contributed by atoms with Gasteiger partial charge in [-0.05, 0) is 37.0 Å². The second-order valence-electron chi connectivity index (χ2n) is 7.23. The number of nitrogens with zero attached hydrogens (tertiary/aromatic N) is 2. The largest absolute Gasteiger partial charge is 0.490 e. The van der Waals surface area contributed by atoms with Crippen molar-refractivity contribution in [2.24, 2.45) is 0 Å². The van der Waals surface area contributed by atoms with E-state index in [1.165, 1.54) is 12.1 Å². The van der Waals surface area contributed by atoms with Crippen LogP contribution >= 0.6 is 0 Å². The smallest absolute Gasteiger partial charge is 0.475 e. The number of carbonyl (C=O) groups is 2. The molecule has 2 heterocycles. The van der Waals surface area contributed by atoms with Crippen LogP contribution in [0.4, 0.5) is 17.6 Å². The normalized spacial score (nSPS) is 24.3. The number of rotatable bonds is 3. The van der Waals surface area contributed by atoms with Gasteiger partial charge in [-0.1, -0.05) is 12.1 Å². The van der Waals surface area contributed by atoms with Gasteiger partial charge in [-0.25, -0.2) is 9.18 Å². The minimum atomic E-state index is -5.08. The molecule has 162 valence electrons. The lowest BCUT2D eigenvalue weighted by Crippen LogP contribution is -2.47. The van der Waals surface area contributed by atoms with Crippen molar-refractivity contribution in [3.8, 4) is 0 Å². The molecule has 10 heteroatoms. The maximum Gasteiger partial charge on any atom is 0.490 e. The summed E-state index contributed by atoms with van der Waals surface area (Å²) in [6.07, 6.45) is -2.51. The van der Waals surface area contributed by atoms with Crippen molar-refractivity contribution < 1.29 is 37.0 Å². The van der Waals surface area contributed by atoms with E-state index in [1.807, 2.05) is 12.1 Å². The predicted molar refractivity (Wildman–Crippen MR) is 95.5 cm³/mol.